The fourth-order valence-electron chi connectivity index (χ4n) is 1.19. The highest BCUT2D eigenvalue weighted by molar-refractivity contribution is 5.32. The highest BCUT2D eigenvalue weighted by atomic mass is 14.0. The lowest BCUT2D eigenvalue weighted by Gasteiger charge is -2.04. The van der Waals surface area contributed by atoms with Gasteiger partial charge in [-0.2, -0.15) is 0 Å². The van der Waals surface area contributed by atoms with Gasteiger partial charge in [0.05, 0.1) is 0 Å². The zero-order valence-corrected chi connectivity index (χ0v) is 14.4. The number of benzene rings is 1. The van der Waals surface area contributed by atoms with Crippen LogP contribution in [0.2, 0.25) is 0 Å². The Hall–Kier alpha value is -1.04. The summed E-state index contributed by atoms with van der Waals surface area (Å²) in [7, 11) is 0. The minimum atomic E-state index is 0.884. The third-order valence-electron chi connectivity index (χ3n) is 2.91. The van der Waals surface area contributed by atoms with E-state index in [4.69, 9.17) is 0 Å². The first-order valence-corrected chi connectivity index (χ1v) is 7.43. The molecule has 0 spiro atoms. The summed E-state index contributed by atoms with van der Waals surface area (Å²) in [6.45, 7) is 20.7. The van der Waals surface area contributed by atoms with Crippen LogP contribution in [-0.2, 0) is 6.42 Å². The normalized spacial score (nSPS) is 9.11. The minimum absolute atomic E-state index is 0.884. The van der Waals surface area contributed by atoms with Gasteiger partial charge < -0.3 is 0 Å². The van der Waals surface area contributed by atoms with Gasteiger partial charge in [0.1, 0.15) is 0 Å². The van der Waals surface area contributed by atoms with Crippen molar-refractivity contribution in [2.24, 2.45) is 5.92 Å². The summed E-state index contributed by atoms with van der Waals surface area (Å²) >= 11 is 0. The van der Waals surface area contributed by atoms with Gasteiger partial charge in [0.25, 0.3) is 0 Å². The van der Waals surface area contributed by atoms with Gasteiger partial charge in [-0.1, -0.05) is 57.9 Å². The average molecular weight is 262 g/mol. The highest BCUT2D eigenvalue weighted by Gasteiger charge is 1.95. The summed E-state index contributed by atoms with van der Waals surface area (Å²) in [5.41, 5.74) is 5.49. The van der Waals surface area contributed by atoms with E-state index in [9.17, 15) is 0 Å². The molecule has 0 fully saturated rings. The molecule has 1 rings (SSSR count). The van der Waals surface area contributed by atoms with E-state index in [2.05, 4.69) is 66.3 Å². The Labute approximate surface area is 121 Å². The smallest absolute Gasteiger partial charge is 0.0305 e. The molecule has 0 aliphatic rings. The summed E-state index contributed by atoms with van der Waals surface area (Å²) in [5, 5.41) is 0. The maximum Gasteiger partial charge on any atom is -0.0305 e. The van der Waals surface area contributed by atoms with Crippen molar-refractivity contribution in [3.8, 4) is 0 Å². The van der Waals surface area contributed by atoms with E-state index in [1.807, 2.05) is 13.8 Å². The Morgan fingerprint density at radius 1 is 1.11 bits per heavy atom. The fraction of sp³-hybridized carbons (Fsp3) is 0.579. The first kappa shape index (κ1) is 20.3. The van der Waals surface area contributed by atoms with Crippen LogP contribution in [0.15, 0.2) is 30.4 Å². The van der Waals surface area contributed by atoms with Gasteiger partial charge >= 0.3 is 0 Å². The van der Waals surface area contributed by atoms with Gasteiger partial charge in [-0.3, -0.25) is 0 Å². The van der Waals surface area contributed by atoms with Crippen molar-refractivity contribution in [1.82, 2.24) is 0 Å². The molecule has 0 heteroatoms. The molecule has 0 atom stereocenters. The molecular weight excluding hydrogens is 228 g/mol. The van der Waals surface area contributed by atoms with Crippen LogP contribution in [0.3, 0.4) is 0 Å². The van der Waals surface area contributed by atoms with Crippen molar-refractivity contribution in [2.75, 3.05) is 0 Å². The summed E-state index contributed by atoms with van der Waals surface area (Å²) < 4.78 is 0. The number of allylic oxidation sites excluding steroid dienone is 1. The lowest BCUT2D eigenvalue weighted by Crippen LogP contribution is -1.88. The Balaban J connectivity index is 0. The van der Waals surface area contributed by atoms with E-state index in [0.29, 0.717) is 0 Å². The average Bonchev–Trinajstić information content (AvgIpc) is 2.32. The molecule has 0 radical (unpaired) electrons. The highest BCUT2D eigenvalue weighted by Crippen LogP contribution is 2.12. The van der Waals surface area contributed by atoms with Crippen LogP contribution in [0.5, 0.6) is 0 Å². The molecule has 0 unspecified atom stereocenters. The van der Waals surface area contributed by atoms with Gasteiger partial charge in [-0.25, -0.2) is 0 Å². The van der Waals surface area contributed by atoms with Crippen molar-refractivity contribution >= 4 is 0 Å². The van der Waals surface area contributed by atoms with Crippen LogP contribution >= 0.6 is 0 Å². The molecule has 0 saturated heterocycles. The van der Waals surface area contributed by atoms with E-state index in [0.717, 1.165) is 12.3 Å². The Morgan fingerprint density at radius 2 is 1.53 bits per heavy atom. The lowest BCUT2D eigenvalue weighted by atomic mass is 10.0. The molecule has 0 amide bonds. The summed E-state index contributed by atoms with van der Waals surface area (Å²) in [5.74, 6) is 0.884. The largest absolute Gasteiger partial charge is 0.100 e. The number of hydrogen-bond acceptors (Lipinski definition) is 0. The molecule has 0 aliphatic heterocycles. The van der Waals surface area contributed by atoms with E-state index < -0.39 is 0 Å². The number of rotatable bonds is 2. The molecule has 0 saturated carbocycles. The molecule has 1 aromatic rings. The van der Waals surface area contributed by atoms with Crippen LogP contribution in [0.1, 0.15) is 64.7 Å². The molecule has 0 aliphatic carbocycles. The standard InChI is InChI=1S/C10H14.C5H12.C4H8/c1-4-10-7-5-6-8(2)9(10)3;1-4-5(2)3;1-4(2)3/h5-7H,4H2,1-3H3;5H,4H2,1-3H3;1H2,2-3H3. The van der Waals surface area contributed by atoms with Crippen molar-refractivity contribution in [2.45, 2.75) is 68.2 Å². The fourth-order valence-corrected chi connectivity index (χ4v) is 1.19. The molecule has 19 heavy (non-hydrogen) atoms. The molecule has 0 heterocycles. The van der Waals surface area contributed by atoms with E-state index in [-0.39, 0.29) is 0 Å². The second-order valence-corrected chi connectivity index (χ2v) is 5.72. The van der Waals surface area contributed by atoms with Crippen LogP contribution in [0.4, 0.5) is 0 Å². The topological polar surface area (TPSA) is 0 Å². The van der Waals surface area contributed by atoms with Crippen molar-refractivity contribution in [1.29, 1.82) is 0 Å². The van der Waals surface area contributed by atoms with Crippen LogP contribution in [-0.4, -0.2) is 0 Å². The monoisotopic (exact) mass is 262 g/mol. The first-order valence-electron chi connectivity index (χ1n) is 7.43. The van der Waals surface area contributed by atoms with Gasteiger partial charge in [0, 0.05) is 0 Å². The van der Waals surface area contributed by atoms with Crippen LogP contribution in [0, 0.1) is 19.8 Å². The number of hydrogen-bond donors (Lipinski definition) is 0. The van der Waals surface area contributed by atoms with Gasteiger partial charge in [-0.15, -0.1) is 6.58 Å². The summed E-state index contributed by atoms with van der Waals surface area (Å²) in [4.78, 5) is 0. The molecule has 110 valence electrons. The SMILES string of the molecule is C=C(C)C.CCC(C)C.CCc1cccc(C)c1C. The lowest BCUT2D eigenvalue weighted by molar-refractivity contribution is 0.626. The Morgan fingerprint density at radius 3 is 1.79 bits per heavy atom. The number of aryl methyl sites for hydroxylation is 2. The molecule has 0 aromatic heterocycles. The Bertz CT molecular complexity index is 341. The molecule has 1 aromatic carbocycles. The van der Waals surface area contributed by atoms with Crippen molar-refractivity contribution < 1.29 is 0 Å². The Kier molecular flexibility index (Phi) is 12.8. The van der Waals surface area contributed by atoms with Crippen LogP contribution in [0.25, 0.3) is 0 Å². The molecule has 0 N–H and O–H groups in total. The molecular formula is C19H34. The van der Waals surface area contributed by atoms with Crippen LogP contribution < -0.4 is 0 Å². The summed E-state index contributed by atoms with van der Waals surface area (Å²) in [6, 6.07) is 6.48. The third-order valence-corrected chi connectivity index (χ3v) is 2.91. The summed E-state index contributed by atoms with van der Waals surface area (Å²) in [6.07, 6.45) is 2.45. The van der Waals surface area contributed by atoms with E-state index >= 15 is 0 Å². The zero-order valence-electron chi connectivity index (χ0n) is 14.4. The predicted octanol–water partition coefficient (Wildman–Crippen LogP) is 6.50. The minimum Gasteiger partial charge on any atom is -0.100 e. The maximum absolute atomic E-state index is 3.56. The zero-order chi connectivity index (χ0) is 15.4. The quantitative estimate of drug-likeness (QED) is 0.534. The second kappa shape index (κ2) is 12.0. The third kappa shape index (κ3) is 13.2. The predicted molar refractivity (Wildman–Crippen MR) is 90.9 cm³/mol. The van der Waals surface area contributed by atoms with Gasteiger partial charge in [0.2, 0.25) is 0 Å². The van der Waals surface area contributed by atoms with E-state index in [1.54, 1.807) is 0 Å². The first-order chi connectivity index (χ1) is 8.76. The molecule has 0 nitrogen and oxygen atoms in total. The van der Waals surface area contributed by atoms with Crippen molar-refractivity contribution in [3.05, 3.63) is 47.0 Å². The molecule has 0 bridgehead atoms. The van der Waals surface area contributed by atoms with Gasteiger partial charge in [-0.05, 0) is 56.7 Å². The van der Waals surface area contributed by atoms with Gasteiger partial charge in [0.15, 0.2) is 0 Å². The second-order valence-electron chi connectivity index (χ2n) is 5.72. The van der Waals surface area contributed by atoms with Crippen molar-refractivity contribution in [3.63, 3.8) is 0 Å². The maximum atomic E-state index is 3.56. The van der Waals surface area contributed by atoms with E-state index in [1.165, 1.54) is 28.7 Å².